The Morgan fingerprint density at radius 3 is 2.12 bits per heavy atom. The Morgan fingerprint density at radius 2 is 2.00 bits per heavy atom. The van der Waals surface area contributed by atoms with Crippen LogP contribution in [0.1, 0.15) is 13.8 Å². The van der Waals surface area contributed by atoms with Crippen LogP contribution >= 0.6 is 0 Å². The van der Waals surface area contributed by atoms with Crippen molar-refractivity contribution in [3.05, 3.63) is 0 Å². The van der Waals surface area contributed by atoms with Crippen LogP contribution < -0.4 is 0 Å². The van der Waals surface area contributed by atoms with Gasteiger partial charge in [-0.05, 0) is 6.92 Å². The lowest BCUT2D eigenvalue weighted by Crippen LogP contribution is -2.13. The molecule has 0 aliphatic heterocycles. The molecule has 0 aromatic heterocycles. The van der Waals surface area contributed by atoms with E-state index >= 15 is 0 Å². The van der Waals surface area contributed by atoms with Crippen LogP contribution in [0.2, 0.25) is 0 Å². The monoisotopic (exact) mass is 117 g/mol. The summed E-state index contributed by atoms with van der Waals surface area (Å²) in [6, 6.07) is 0. The van der Waals surface area contributed by atoms with Crippen molar-refractivity contribution in [2.24, 2.45) is 11.1 Å². The summed E-state index contributed by atoms with van der Waals surface area (Å²) in [5.41, 5.74) is 0. The van der Waals surface area contributed by atoms with Gasteiger partial charge in [-0.2, -0.15) is 0 Å². The number of rotatable bonds is 2. The number of hydrogen-bond acceptors (Lipinski definition) is 3. The van der Waals surface area contributed by atoms with Gasteiger partial charge in [0.2, 0.25) is 0 Å². The smallest absolute Gasteiger partial charge is 0.0588 e. The van der Waals surface area contributed by atoms with E-state index < -0.39 is 6.10 Å². The molecule has 2 unspecified atom stereocenters. The normalized spacial score (nSPS) is 18.9. The van der Waals surface area contributed by atoms with Crippen molar-refractivity contribution in [2.75, 3.05) is 0 Å². The summed E-state index contributed by atoms with van der Waals surface area (Å²) in [5, 5.41) is 19.5. The van der Waals surface area contributed by atoms with Gasteiger partial charge in [0.15, 0.2) is 0 Å². The van der Waals surface area contributed by atoms with E-state index in [1.54, 1.807) is 13.8 Å². The molecular formula is C5H11NO2. The molecular weight excluding hydrogens is 106 g/mol. The molecule has 0 rings (SSSR count). The lowest BCUT2D eigenvalue weighted by Gasteiger charge is -2.05. The van der Waals surface area contributed by atoms with Crippen molar-refractivity contribution < 1.29 is 10.3 Å². The third-order valence-electron chi connectivity index (χ3n) is 1.06. The van der Waals surface area contributed by atoms with Gasteiger partial charge >= 0.3 is 0 Å². The van der Waals surface area contributed by atoms with Gasteiger partial charge in [0.25, 0.3) is 0 Å². The maximum absolute atomic E-state index is 8.75. The standard InChI is InChI=1S/C5H11NO2/c1-4(3-6-8)5(2)7/h3-5,7-8H,1-2H3. The molecule has 8 heavy (non-hydrogen) atoms. The van der Waals surface area contributed by atoms with Crippen LogP contribution in [0.15, 0.2) is 5.16 Å². The fourth-order valence-corrected chi connectivity index (χ4v) is 0.230. The number of aliphatic hydroxyl groups is 1. The Labute approximate surface area is 48.6 Å². The van der Waals surface area contributed by atoms with Crippen LogP contribution in [0.4, 0.5) is 0 Å². The first-order chi connectivity index (χ1) is 3.68. The molecule has 0 aliphatic rings. The van der Waals surface area contributed by atoms with Crippen molar-refractivity contribution in [3.8, 4) is 0 Å². The maximum atomic E-state index is 8.75. The number of nitrogens with zero attached hydrogens (tertiary/aromatic N) is 1. The van der Waals surface area contributed by atoms with Crippen molar-refractivity contribution in [2.45, 2.75) is 20.0 Å². The quantitative estimate of drug-likeness (QED) is 0.313. The molecule has 0 saturated heterocycles. The maximum Gasteiger partial charge on any atom is 0.0588 e. The molecule has 3 nitrogen and oxygen atoms in total. The first-order valence-corrected chi connectivity index (χ1v) is 2.54. The van der Waals surface area contributed by atoms with Crippen molar-refractivity contribution in [3.63, 3.8) is 0 Å². The van der Waals surface area contributed by atoms with Crippen LogP contribution in [0.25, 0.3) is 0 Å². The van der Waals surface area contributed by atoms with Gasteiger partial charge in [0.1, 0.15) is 0 Å². The average molecular weight is 117 g/mol. The van der Waals surface area contributed by atoms with Gasteiger partial charge in [-0.3, -0.25) is 0 Å². The first kappa shape index (κ1) is 7.43. The zero-order chi connectivity index (χ0) is 6.57. The summed E-state index contributed by atoms with van der Waals surface area (Å²) < 4.78 is 0. The molecule has 0 aromatic carbocycles. The molecule has 0 spiro atoms. The number of oxime groups is 1. The molecule has 2 N–H and O–H groups in total. The van der Waals surface area contributed by atoms with E-state index in [0.717, 1.165) is 0 Å². The largest absolute Gasteiger partial charge is 0.411 e. The molecule has 0 aliphatic carbocycles. The van der Waals surface area contributed by atoms with Crippen molar-refractivity contribution in [1.82, 2.24) is 0 Å². The van der Waals surface area contributed by atoms with Crippen LogP contribution in [0.3, 0.4) is 0 Å². The fraction of sp³-hybridized carbons (Fsp3) is 0.800. The summed E-state index contributed by atoms with van der Waals surface area (Å²) in [4.78, 5) is 0. The predicted molar refractivity (Wildman–Crippen MR) is 31.1 cm³/mol. The summed E-state index contributed by atoms with van der Waals surface area (Å²) in [5.74, 6) is -0.0694. The lowest BCUT2D eigenvalue weighted by molar-refractivity contribution is 0.165. The highest BCUT2D eigenvalue weighted by Crippen LogP contribution is 1.96. The van der Waals surface area contributed by atoms with E-state index in [0.29, 0.717) is 0 Å². The second-order valence-electron chi connectivity index (χ2n) is 1.86. The molecule has 0 aromatic rings. The molecule has 48 valence electrons. The second-order valence-corrected chi connectivity index (χ2v) is 1.86. The van der Waals surface area contributed by atoms with Gasteiger partial charge in [-0.1, -0.05) is 6.92 Å². The average Bonchev–Trinajstić information content (AvgIpc) is 1.67. The minimum Gasteiger partial charge on any atom is -0.411 e. The molecule has 0 fully saturated rings. The van der Waals surface area contributed by atoms with E-state index in [-0.39, 0.29) is 5.92 Å². The summed E-state index contributed by atoms with van der Waals surface area (Å²) in [6.07, 6.45) is 0.857. The Kier molecular flexibility index (Phi) is 3.19. The van der Waals surface area contributed by atoms with Crippen LogP contribution in [0, 0.1) is 5.92 Å². The summed E-state index contributed by atoms with van der Waals surface area (Å²) >= 11 is 0. The number of hydrogen-bond donors (Lipinski definition) is 2. The minimum absolute atomic E-state index is 0.0694. The van der Waals surface area contributed by atoms with Gasteiger partial charge in [-0.15, -0.1) is 5.16 Å². The fourth-order valence-electron chi connectivity index (χ4n) is 0.230. The van der Waals surface area contributed by atoms with Gasteiger partial charge < -0.3 is 10.3 Å². The lowest BCUT2D eigenvalue weighted by atomic mass is 10.1. The molecule has 3 heteroatoms. The van der Waals surface area contributed by atoms with Gasteiger partial charge in [0.05, 0.1) is 6.10 Å². The number of aliphatic hydroxyl groups excluding tert-OH is 1. The first-order valence-electron chi connectivity index (χ1n) is 2.54. The molecule has 0 radical (unpaired) electrons. The van der Waals surface area contributed by atoms with Crippen LogP contribution in [-0.2, 0) is 0 Å². The Morgan fingerprint density at radius 1 is 1.50 bits per heavy atom. The van der Waals surface area contributed by atoms with E-state index in [1.807, 2.05) is 0 Å². The van der Waals surface area contributed by atoms with E-state index in [2.05, 4.69) is 5.16 Å². The molecule has 2 atom stereocenters. The molecule has 0 amide bonds. The topological polar surface area (TPSA) is 52.8 Å². The Balaban J connectivity index is 3.47. The highest BCUT2D eigenvalue weighted by atomic mass is 16.4. The van der Waals surface area contributed by atoms with E-state index in [4.69, 9.17) is 10.3 Å². The highest BCUT2D eigenvalue weighted by molar-refractivity contribution is 5.59. The van der Waals surface area contributed by atoms with Crippen molar-refractivity contribution in [1.29, 1.82) is 0 Å². The minimum atomic E-state index is -0.439. The molecule has 0 saturated carbocycles. The van der Waals surface area contributed by atoms with Gasteiger partial charge in [-0.25, -0.2) is 0 Å². The third-order valence-corrected chi connectivity index (χ3v) is 1.06. The predicted octanol–water partition coefficient (Wildman–Crippen LogP) is 0.463. The van der Waals surface area contributed by atoms with Crippen LogP contribution in [-0.4, -0.2) is 22.6 Å². The molecule has 0 bridgehead atoms. The van der Waals surface area contributed by atoms with Crippen LogP contribution in [0.5, 0.6) is 0 Å². The zero-order valence-electron chi connectivity index (χ0n) is 5.07. The molecule has 0 heterocycles. The Hall–Kier alpha value is -0.570. The summed E-state index contributed by atoms with van der Waals surface area (Å²) in [7, 11) is 0. The van der Waals surface area contributed by atoms with Gasteiger partial charge in [0, 0.05) is 12.1 Å². The van der Waals surface area contributed by atoms with Crippen molar-refractivity contribution >= 4 is 6.21 Å². The summed E-state index contributed by atoms with van der Waals surface area (Å²) in [6.45, 7) is 3.41. The third kappa shape index (κ3) is 2.58. The Bertz CT molecular complexity index is 80.5. The van der Waals surface area contributed by atoms with E-state index in [9.17, 15) is 0 Å². The highest BCUT2D eigenvalue weighted by Gasteiger charge is 2.03. The van der Waals surface area contributed by atoms with E-state index in [1.165, 1.54) is 6.21 Å². The SMILES string of the molecule is CC(O)C(C)C=NO. The zero-order valence-corrected chi connectivity index (χ0v) is 5.07. The second kappa shape index (κ2) is 3.43.